The number of carbonyl (C=O) groups excluding carboxylic acids is 1. The van der Waals surface area contributed by atoms with Gasteiger partial charge in [-0.15, -0.1) is 0 Å². The van der Waals surface area contributed by atoms with Crippen molar-refractivity contribution in [3.8, 4) is 0 Å². The summed E-state index contributed by atoms with van der Waals surface area (Å²) in [5.41, 5.74) is 0. The Morgan fingerprint density at radius 1 is 1.35 bits per heavy atom. The van der Waals surface area contributed by atoms with Gasteiger partial charge < -0.3 is 9.84 Å². The molecule has 0 amide bonds. The fraction of sp³-hybridized carbons (Fsp3) is 0.900. The number of ether oxygens (including phenoxy) is 1. The minimum absolute atomic E-state index is 0.124. The van der Waals surface area contributed by atoms with Gasteiger partial charge in [-0.3, -0.25) is 4.79 Å². The van der Waals surface area contributed by atoms with Crippen molar-refractivity contribution in [2.45, 2.75) is 44.2 Å². The zero-order valence-electron chi connectivity index (χ0n) is 9.89. The average Bonchev–Trinajstić information content (AvgIpc) is 2.29. The lowest BCUT2D eigenvalue weighted by atomic mass is 9.94. The van der Waals surface area contributed by atoms with Crippen LogP contribution in [0.4, 0.5) is 0 Å². The van der Waals surface area contributed by atoms with E-state index in [9.17, 15) is 18.3 Å². The van der Waals surface area contributed by atoms with Gasteiger partial charge >= 0.3 is 5.97 Å². The molecule has 0 saturated heterocycles. The second-order valence-corrected chi connectivity index (χ2v) is 6.14. The first-order valence-corrected chi connectivity index (χ1v) is 7.33. The maximum Gasteiger partial charge on any atom is 0.306 e. The molecule has 0 aliphatic heterocycles. The van der Waals surface area contributed by atoms with Crippen molar-refractivity contribution in [1.29, 1.82) is 0 Å². The lowest BCUT2D eigenvalue weighted by molar-refractivity contribution is -0.140. The summed E-state index contributed by atoms with van der Waals surface area (Å²) in [5.74, 6) is -0.784. The largest absolute Gasteiger partial charge is 0.469 e. The van der Waals surface area contributed by atoms with E-state index in [4.69, 9.17) is 0 Å². The van der Waals surface area contributed by atoms with Gasteiger partial charge in [-0.1, -0.05) is 0 Å². The topological polar surface area (TPSA) is 92.7 Å². The van der Waals surface area contributed by atoms with Crippen LogP contribution in [0.3, 0.4) is 0 Å². The number of nitrogens with one attached hydrogen (secondary N) is 1. The fourth-order valence-electron chi connectivity index (χ4n) is 1.83. The van der Waals surface area contributed by atoms with Crippen LogP contribution in [0.1, 0.15) is 32.1 Å². The van der Waals surface area contributed by atoms with Gasteiger partial charge in [0, 0.05) is 6.04 Å². The number of hydrogen-bond donors (Lipinski definition) is 2. The number of esters is 1. The van der Waals surface area contributed by atoms with Gasteiger partial charge in [0.15, 0.2) is 0 Å². The van der Waals surface area contributed by atoms with Gasteiger partial charge in [0.05, 0.1) is 25.4 Å². The van der Waals surface area contributed by atoms with Crippen molar-refractivity contribution in [2.24, 2.45) is 0 Å². The summed E-state index contributed by atoms with van der Waals surface area (Å²) >= 11 is 0. The average molecular weight is 265 g/mol. The second-order valence-electron chi connectivity index (χ2n) is 4.27. The van der Waals surface area contributed by atoms with Crippen LogP contribution in [0, 0.1) is 0 Å². The maximum absolute atomic E-state index is 11.6. The van der Waals surface area contributed by atoms with E-state index >= 15 is 0 Å². The van der Waals surface area contributed by atoms with Crippen molar-refractivity contribution in [3.63, 3.8) is 0 Å². The van der Waals surface area contributed by atoms with E-state index in [1.165, 1.54) is 7.11 Å². The third-order valence-corrected chi connectivity index (χ3v) is 4.28. The number of methoxy groups -OCH3 is 1. The van der Waals surface area contributed by atoms with Crippen LogP contribution in [0.5, 0.6) is 0 Å². The Morgan fingerprint density at radius 3 is 2.47 bits per heavy atom. The first-order valence-electron chi connectivity index (χ1n) is 5.68. The van der Waals surface area contributed by atoms with Gasteiger partial charge in [0.2, 0.25) is 10.0 Å². The van der Waals surface area contributed by atoms with E-state index in [0.29, 0.717) is 25.7 Å². The molecule has 6 nitrogen and oxygen atoms in total. The Bertz CT molecular complexity index is 346. The van der Waals surface area contributed by atoms with Crippen LogP contribution in [0.25, 0.3) is 0 Å². The van der Waals surface area contributed by atoms with E-state index < -0.39 is 16.0 Å². The van der Waals surface area contributed by atoms with E-state index in [-0.39, 0.29) is 24.3 Å². The molecule has 1 aliphatic rings. The number of rotatable bonds is 5. The van der Waals surface area contributed by atoms with Crippen LogP contribution in [0.2, 0.25) is 0 Å². The number of carbonyl (C=O) groups is 1. The van der Waals surface area contributed by atoms with Crippen molar-refractivity contribution in [2.75, 3.05) is 12.9 Å². The Balaban J connectivity index is 2.36. The first-order chi connectivity index (χ1) is 7.93. The van der Waals surface area contributed by atoms with Gasteiger partial charge in [0.25, 0.3) is 0 Å². The Hall–Kier alpha value is -0.660. The zero-order chi connectivity index (χ0) is 12.9. The second kappa shape index (κ2) is 6.32. The maximum atomic E-state index is 11.6. The smallest absolute Gasteiger partial charge is 0.306 e. The molecular weight excluding hydrogens is 246 g/mol. The highest BCUT2D eigenvalue weighted by molar-refractivity contribution is 7.89. The summed E-state index contributed by atoms with van der Waals surface area (Å²) in [7, 11) is -2.21. The highest BCUT2D eigenvalue weighted by Gasteiger charge is 2.24. The molecule has 0 atom stereocenters. The van der Waals surface area contributed by atoms with Crippen molar-refractivity contribution in [1.82, 2.24) is 4.72 Å². The van der Waals surface area contributed by atoms with Crippen molar-refractivity contribution in [3.05, 3.63) is 0 Å². The van der Waals surface area contributed by atoms with E-state index in [2.05, 4.69) is 9.46 Å². The standard InChI is InChI=1S/C10H19NO5S/c1-16-10(13)6-7-17(14,15)11-8-2-4-9(12)5-3-8/h8-9,11-12H,2-7H2,1H3. The molecule has 0 unspecified atom stereocenters. The Morgan fingerprint density at radius 2 is 1.94 bits per heavy atom. The third-order valence-electron chi connectivity index (χ3n) is 2.85. The summed E-state index contributed by atoms with van der Waals surface area (Å²) < 4.78 is 30.2. The quantitative estimate of drug-likeness (QED) is 0.670. The first kappa shape index (κ1) is 14.4. The monoisotopic (exact) mass is 265 g/mol. The minimum Gasteiger partial charge on any atom is -0.469 e. The van der Waals surface area contributed by atoms with Crippen LogP contribution >= 0.6 is 0 Å². The highest BCUT2D eigenvalue weighted by atomic mass is 32.2. The summed E-state index contributed by atoms with van der Waals surface area (Å²) in [4.78, 5) is 10.8. The predicted molar refractivity (Wildman–Crippen MR) is 61.8 cm³/mol. The van der Waals surface area contributed by atoms with E-state index in [0.717, 1.165) is 0 Å². The van der Waals surface area contributed by atoms with Crippen LogP contribution < -0.4 is 4.72 Å². The predicted octanol–water partition coefficient (Wildman–Crippen LogP) is -0.228. The fourth-order valence-corrected chi connectivity index (χ4v) is 3.12. The van der Waals surface area contributed by atoms with Crippen molar-refractivity contribution >= 4 is 16.0 Å². The molecule has 0 aromatic rings. The molecular formula is C10H19NO5S. The molecule has 0 radical (unpaired) electrons. The molecule has 0 aromatic heterocycles. The summed E-state index contributed by atoms with van der Waals surface area (Å²) in [6, 6.07) is -0.124. The number of sulfonamides is 1. The molecule has 0 spiro atoms. The molecule has 0 aromatic carbocycles. The molecule has 1 aliphatic carbocycles. The SMILES string of the molecule is COC(=O)CCS(=O)(=O)NC1CCC(O)CC1. The summed E-state index contributed by atoms with van der Waals surface area (Å²) in [6.45, 7) is 0. The molecule has 17 heavy (non-hydrogen) atoms. The zero-order valence-corrected chi connectivity index (χ0v) is 10.7. The van der Waals surface area contributed by atoms with Gasteiger partial charge in [0.1, 0.15) is 0 Å². The molecule has 0 heterocycles. The summed E-state index contributed by atoms with van der Waals surface area (Å²) in [6.07, 6.45) is 2.05. The molecule has 1 fully saturated rings. The lowest BCUT2D eigenvalue weighted by Crippen LogP contribution is -2.40. The van der Waals surface area contributed by atoms with Crippen LogP contribution in [-0.2, 0) is 19.6 Å². The Kier molecular flexibility index (Phi) is 5.35. The number of aliphatic hydroxyl groups excluding tert-OH is 1. The van der Waals surface area contributed by atoms with Crippen LogP contribution in [-0.4, -0.2) is 44.5 Å². The molecule has 1 rings (SSSR count). The normalized spacial score (nSPS) is 25.5. The molecule has 100 valence electrons. The van der Waals surface area contributed by atoms with E-state index in [1.54, 1.807) is 0 Å². The third kappa shape index (κ3) is 5.47. The van der Waals surface area contributed by atoms with Gasteiger partial charge in [-0.05, 0) is 25.7 Å². The molecule has 0 bridgehead atoms. The lowest BCUT2D eigenvalue weighted by Gasteiger charge is -2.25. The number of hydrogen-bond acceptors (Lipinski definition) is 5. The Labute approximate surface area is 101 Å². The van der Waals surface area contributed by atoms with Gasteiger partial charge in [-0.25, -0.2) is 13.1 Å². The minimum atomic E-state index is -3.44. The highest BCUT2D eigenvalue weighted by Crippen LogP contribution is 2.18. The van der Waals surface area contributed by atoms with E-state index in [1.807, 2.05) is 0 Å². The molecule has 2 N–H and O–H groups in total. The van der Waals surface area contributed by atoms with Crippen molar-refractivity contribution < 1.29 is 23.1 Å². The molecule has 1 saturated carbocycles. The summed E-state index contributed by atoms with van der Waals surface area (Å²) in [5, 5.41) is 9.29. The molecule has 7 heteroatoms. The van der Waals surface area contributed by atoms with Crippen LogP contribution in [0.15, 0.2) is 0 Å². The number of aliphatic hydroxyl groups is 1. The van der Waals surface area contributed by atoms with Gasteiger partial charge in [-0.2, -0.15) is 0 Å².